The topological polar surface area (TPSA) is 107 Å². The number of hydrogen-bond acceptors (Lipinski definition) is 7. The number of anilines is 3. The van der Waals surface area contributed by atoms with E-state index in [0.29, 0.717) is 17.9 Å². The summed E-state index contributed by atoms with van der Waals surface area (Å²) in [5, 5.41) is 7.62. The Labute approximate surface area is 159 Å². The van der Waals surface area contributed by atoms with Crippen LogP contribution in [0.5, 0.6) is 0 Å². The number of aromatic nitrogens is 2. The molecule has 2 amide bonds. The maximum atomic E-state index is 12.0. The Morgan fingerprint density at radius 1 is 0.889 bits per heavy atom. The first-order valence-electron chi connectivity index (χ1n) is 7.82. The highest BCUT2D eigenvalue weighted by molar-refractivity contribution is 8.12. The Bertz CT molecular complexity index is 868. The summed E-state index contributed by atoms with van der Waals surface area (Å²) >= 11 is 0.418. The van der Waals surface area contributed by atoms with Crippen LogP contribution >= 0.6 is 11.9 Å². The van der Waals surface area contributed by atoms with Crippen molar-refractivity contribution in [2.24, 2.45) is 0 Å². The average molecular weight is 381 g/mol. The molecule has 0 saturated heterocycles. The summed E-state index contributed by atoms with van der Waals surface area (Å²) in [6.45, 7) is 0. The quantitative estimate of drug-likeness (QED) is 0.361. The Kier molecular flexibility index (Phi) is 5.98. The fourth-order valence-corrected chi connectivity index (χ4v) is 2.61. The fraction of sp³-hybridized carbons (Fsp3) is 0. The van der Waals surface area contributed by atoms with E-state index in [1.165, 1.54) is 17.9 Å². The van der Waals surface area contributed by atoms with E-state index in [1.807, 2.05) is 65.6 Å². The van der Waals surface area contributed by atoms with Crippen molar-refractivity contribution in [2.45, 2.75) is 0 Å². The monoisotopic (exact) mass is 381 g/mol. The summed E-state index contributed by atoms with van der Waals surface area (Å²) in [7, 11) is 0. The van der Waals surface area contributed by atoms with E-state index in [4.69, 9.17) is 5.21 Å². The van der Waals surface area contributed by atoms with Crippen molar-refractivity contribution in [2.75, 3.05) is 4.90 Å². The minimum Gasteiger partial charge on any atom is -0.288 e. The van der Waals surface area contributed by atoms with Gasteiger partial charge in [-0.25, -0.2) is 15.4 Å². The largest absolute Gasteiger partial charge is 0.323 e. The zero-order valence-corrected chi connectivity index (χ0v) is 14.8. The number of nitrogens with one attached hydrogen (secondary N) is 2. The molecule has 0 fully saturated rings. The molecule has 0 spiro atoms. The zero-order valence-electron chi connectivity index (χ0n) is 13.9. The lowest BCUT2D eigenvalue weighted by Gasteiger charge is -2.22. The minimum absolute atomic E-state index is 0.179. The fourth-order valence-electron chi connectivity index (χ4n) is 2.26. The highest BCUT2D eigenvalue weighted by Gasteiger charge is 2.16. The van der Waals surface area contributed by atoms with Crippen LogP contribution in [-0.4, -0.2) is 26.3 Å². The van der Waals surface area contributed by atoms with Gasteiger partial charge in [0.15, 0.2) is 0 Å². The van der Waals surface area contributed by atoms with Crippen LogP contribution in [0.3, 0.4) is 0 Å². The Hall–Kier alpha value is -3.43. The number of carbonyl (C=O) groups excluding carboxylic acids is 2. The van der Waals surface area contributed by atoms with Crippen molar-refractivity contribution in [1.82, 2.24) is 20.2 Å². The maximum Gasteiger partial charge on any atom is 0.323 e. The smallest absolute Gasteiger partial charge is 0.288 e. The van der Waals surface area contributed by atoms with Gasteiger partial charge in [0.05, 0.1) is 17.5 Å². The van der Waals surface area contributed by atoms with E-state index in [9.17, 15) is 9.59 Å². The summed E-state index contributed by atoms with van der Waals surface area (Å²) in [4.78, 5) is 33.4. The van der Waals surface area contributed by atoms with E-state index >= 15 is 0 Å². The number of amides is 2. The summed E-state index contributed by atoms with van der Waals surface area (Å²) in [5.41, 5.74) is 3.33. The molecule has 3 N–H and O–H groups in total. The van der Waals surface area contributed by atoms with Crippen LogP contribution in [0.4, 0.5) is 22.1 Å². The SMILES string of the molecule is O=C(NO)SNC(=O)c1cnc(N(c2ccccc2)c2ccccc2)nc1. The second kappa shape index (κ2) is 8.79. The van der Waals surface area contributed by atoms with Crippen LogP contribution < -0.4 is 15.1 Å². The molecule has 3 aromatic rings. The van der Waals surface area contributed by atoms with Crippen molar-refractivity contribution in [3.05, 3.63) is 78.6 Å². The number of nitrogens with zero attached hydrogens (tertiary/aromatic N) is 3. The number of para-hydroxylation sites is 2. The highest BCUT2D eigenvalue weighted by atomic mass is 32.2. The van der Waals surface area contributed by atoms with E-state index in [1.54, 1.807) is 0 Å². The summed E-state index contributed by atoms with van der Waals surface area (Å²) in [5.74, 6) is -0.161. The highest BCUT2D eigenvalue weighted by Crippen LogP contribution is 2.31. The van der Waals surface area contributed by atoms with Crippen molar-refractivity contribution in [3.63, 3.8) is 0 Å². The first kappa shape index (κ1) is 18.4. The van der Waals surface area contributed by atoms with Gasteiger partial charge in [0, 0.05) is 23.8 Å². The molecule has 27 heavy (non-hydrogen) atoms. The third-order valence-electron chi connectivity index (χ3n) is 3.46. The van der Waals surface area contributed by atoms with Crippen molar-refractivity contribution >= 4 is 40.4 Å². The van der Waals surface area contributed by atoms with Crippen molar-refractivity contribution < 1.29 is 14.8 Å². The molecular formula is C18H15N5O3S. The molecule has 8 nitrogen and oxygen atoms in total. The molecular weight excluding hydrogens is 366 g/mol. The van der Waals surface area contributed by atoms with Gasteiger partial charge in [0.1, 0.15) is 0 Å². The van der Waals surface area contributed by atoms with Gasteiger partial charge in [-0.3, -0.25) is 24.4 Å². The zero-order chi connectivity index (χ0) is 19.1. The lowest BCUT2D eigenvalue weighted by atomic mass is 10.2. The molecule has 1 heterocycles. The Morgan fingerprint density at radius 3 is 1.89 bits per heavy atom. The molecule has 136 valence electrons. The van der Waals surface area contributed by atoms with Gasteiger partial charge >= 0.3 is 5.24 Å². The molecule has 0 aliphatic carbocycles. The molecule has 9 heteroatoms. The number of rotatable bonds is 4. The predicted molar refractivity (Wildman–Crippen MR) is 102 cm³/mol. The van der Waals surface area contributed by atoms with Crippen LogP contribution in [0.15, 0.2) is 73.1 Å². The Balaban J connectivity index is 1.86. The number of benzene rings is 2. The third kappa shape index (κ3) is 4.60. The van der Waals surface area contributed by atoms with Gasteiger partial charge in [-0.05, 0) is 24.3 Å². The third-order valence-corrected chi connectivity index (χ3v) is 4.02. The van der Waals surface area contributed by atoms with Gasteiger partial charge in [0.25, 0.3) is 5.91 Å². The Morgan fingerprint density at radius 2 is 1.41 bits per heavy atom. The van der Waals surface area contributed by atoms with E-state index in [0.717, 1.165) is 11.4 Å². The van der Waals surface area contributed by atoms with Gasteiger partial charge in [0.2, 0.25) is 5.95 Å². The standard InChI is InChI=1S/C18H15N5O3S/c24-16(22-27-18(25)21-26)13-11-19-17(20-12-13)23(14-7-3-1-4-8-14)15-9-5-2-6-10-15/h1-12,26H,(H,21,25)(H,22,24). The minimum atomic E-state index is -0.805. The summed E-state index contributed by atoms with van der Waals surface area (Å²) in [6, 6.07) is 19.2. The second-order valence-electron chi connectivity index (χ2n) is 5.21. The van der Waals surface area contributed by atoms with Gasteiger partial charge in [-0.2, -0.15) is 0 Å². The van der Waals surface area contributed by atoms with Gasteiger partial charge in [-0.1, -0.05) is 36.4 Å². The number of carbonyl (C=O) groups is 2. The van der Waals surface area contributed by atoms with Gasteiger partial charge in [-0.15, -0.1) is 0 Å². The molecule has 0 bridgehead atoms. The lowest BCUT2D eigenvalue weighted by molar-refractivity contribution is 0.0983. The van der Waals surface area contributed by atoms with E-state index in [-0.39, 0.29) is 5.56 Å². The van der Waals surface area contributed by atoms with E-state index in [2.05, 4.69) is 14.7 Å². The maximum absolute atomic E-state index is 12.0. The van der Waals surface area contributed by atoms with Crippen molar-refractivity contribution in [1.29, 1.82) is 0 Å². The van der Waals surface area contributed by atoms with Crippen LogP contribution in [0.2, 0.25) is 0 Å². The number of hydrogen-bond donors (Lipinski definition) is 3. The van der Waals surface area contributed by atoms with Gasteiger partial charge < -0.3 is 0 Å². The summed E-state index contributed by atoms with van der Waals surface area (Å²) in [6.07, 6.45) is 2.74. The molecule has 0 unspecified atom stereocenters. The summed E-state index contributed by atoms with van der Waals surface area (Å²) < 4.78 is 2.27. The lowest BCUT2D eigenvalue weighted by Crippen LogP contribution is -2.23. The first-order chi connectivity index (χ1) is 13.2. The molecule has 0 aliphatic rings. The van der Waals surface area contributed by atoms with Crippen molar-refractivity contribution in [3.8, 4) is 0 Å². The van der Waals surface area contributed by atoms with E-state index < -0.39 is 11.1 Å². The molecule has 2 aromatic carbocycles. The van der Waals surface area contributed by atoms with Crippen LogP contribution in [0, 0.1) is 0 Å². The molecule has 1 aromatic heterocycles. The second-order valence-corrected chi connectivity index (χ2v) is 5.99. The molecule has 0 atom stereocenters. The molecule has 0 aliphatic heterocycles. The van der Waals surface area contributed by atoms with Crippen LogP contribution in [-0.2, 0) is 0 Å². The average Bonchev–Trinajstić information content (AvgIpc) is 2.74. The first-order valence-corrected chi connectivity index (χ1v) is 8.64. The number of hydroxylamine groups is 1. The molecule has 3 rings (SSSR count). The predicted octanol–water partition coefficient (Wildman–Crippen LogP) is 3.42. The molecule has 0 saturated carbocycles. The van der Waals surface area contributed by atoms with Crippen LogP contribution in [0.1, 0.15) is 10.4 Å². The van der Waals surface area contributed by atoms with Crippen LogP contribution in [0.25, 0.3) is 0 Å². The molecule has 0 radical (unpaired) electrons. The normalized spacial score (nSPS) is 10.1.